The molecule has 1 unspecified atom stereocenters. The van der Waals surface area contributed by atoms with E-state index in [1.807, 2.05) is 26.1 Å². The van der Waals surface area contributed by atoms with Crippen molar-refractivity contribution in [3.05, 3.63) is 40.5 Å². The van der Waals surface area contributed by atoms with Crippen LogP contribution in [0.25, 0.3) is 12.3 Å². The molecule has 0 aliphatic carbocycles. The molecular weight excluding hydrogens is 426 g/mol. The Morgan fingerprint density at radius 1 is 1.41 bits per heavy atom. The van der Waals surface area contributed by atoms with E-state index in [0.29, 0.717) is 18.3 Å². The second kappa shape index (κ2) is 8.87. The Kier molecular flexibility index (Phi) is 6.16. The molecule has 170 valence electrons. The fraction of sp³-hybridized carbons (Fsp3) is 0.409. The zero-order valence-electron chi connectivity index (χ0n) is 18.4. The maximum atomic E-state index is 12.8. The van der Waals surface area contributed by atoms with Crippen LogP contribution < -0.4 is 26.6 Å². The molecule has 2 aliphatic rings. The summed E-state index contributed by atoms with van der Waals surface area (Å²) in [5.41, 5.74) is 2.41. The third-order valence-electron chi connectivity index (χ3n) is 5.52. The minimum atomic E-state index is -3.30. The molecule has 9 nitrogen and oxygen atoms in total. The van der Waals surface area contributed by atoms with Gasteiger partial charge in [-0.2, -0.15) is 4.31 Å². The number of fused-ring (bicyclic) bond motifs is 1. The normalized spacial score (nSPS) is 20.7. The van der Waals surface area contributed by atoms with Gasteiger partial charge in [0, 0.05) is 47.6 Å². The van der Waals surface area contributed by atoms with Gasteiger partial charge in [0.2, 0.25) is 10.0 Å². The van der Waals surface area contributed by atoms with Crippen molar-refractivity contribution in [2.75, 3.05) is 29.5 Å². The highest BCUT2D eigenvalue weighted by Gasteiger charge is 2.29. The number of anilines is 2. The van der Waals surface area contributed by atoms with Crippen molar-refractivity contribution in [2.45, 2.75) is 32.7 Å². The van der Waals surface area contributed by atoms with Gasteiger partial charge in [0.25, 0.3) is 0 Å². The molecule has 4 heterocycles. The smallest absolute Gasteiger partial charge is 0.214 e. The topological polar surface area (TPSA) is 126 Å². The highest BCUT2D eigenvalue weighted by atomic mass is 32.2. The van der Waals surface area contributed by atoms with Gasteiger partial charge >= 0.3 is 0 Å². The summed E-state index contributed by atoms with van der Waals surface area (Å²) in [6, 6.07) is 3.63. The Morgan fingerprint density at radius 2 is 2.22 bits per heavy atom. The van der Waals surface area contributed by atoms with Crippen molar-refractivity contribution in [2.24, 2.45) is 10.9 Å². The lowest BCUT2D eigenvalue weighted by molar-refractivity contribution is 0.325. The zero-order chi connectivity index (χ0) is 22.9. The Labute approximate surface area is 187 Å². The highest BCUT2D eigenvalue weighted by Crippen LogP contribution is 2.27. The monoisotopic (exact) mass is 455 g/mol. The van der Waals surface area contributed by atoms with E-state index in [1.54, 1.807) is 22.8 Å². The van der Waals surface area contributed by atoms with Crippen LogP contribution in [0.2, 0.25) is 0 Å². The first kappa shape index (κ1) is 22.2. The van der Waals surface area contributed by atoms with Crippen LogP contribution in [0.15, 0.2) is 29.5 Å². The molecule has 0 radical (unpaired) electrons. The summed E-state index contributed by atoms with van der Waals surface area (Å²) < 4.78 is 27.1. The predicted octanol–water partition coefficient (Wildman–Crippen LogP) is 1.10. The van der Waals surface area contributed by atoms with Gasteiger partial charge in [-0.15, -0.1) is 0 Å². The molecule has 0 spiro atoms. The number of hydrogen-bond donors (Lipinski definition) is 4. The van der Waals surface area contributed by atoms with Gasteiger partial charge in [-0.1, -0.05) is 20.4 Å². The quantitative estimate of drug-likeness (QED) is 0.537. The lowest BCUT2D eigenvalue weighted by Gasteiger charge is -2.33. The lowest BCUT2D eigenvalue weighted by Crippen LogP contribution is -2.46. The van der Waals surface area contributed by atoms with Gasteiger partial charge in [0.15, 0.2) is 11.3 Å². The third-order valence-corrected chi connectivity index (χ3v) is 7.73. The third kappa shape index (κ3) is 4.76. The molecule has 1 atom stereocenters. The number of H-pyrrole nitrogens is 1. The molecule has 32 heavy (non-hydrogen) atoms. The minimum absolute atomic E-state index is 0.0654. The molecule has 1 fully saturated rings. The van der Waals surface area contributed by atoms with Crippen molar-refractivity contribution < 1.29 is 8.42 Å². The van der Waals surface area contributed by atoms with Gasteiger partial charge < -0.3 is 15.6 Å². The van der Waals surface area contributed by atoms with E-state index in [1.165, 1.54) is 0 Å². The minimum Gasteiger partial charge on any atom is -0.380 e. The number of sulfonamides is 1. The summed E-state index contributed by atoms with van der Waals surface area (Å²) >= 11 is 0. The molecule has 0 amide bonds. The standard InChI is InChI=1S/C22H29N7O2S/c1-14(2)13-32(30,31)29-8-4-5-16(12-29)27-19-9-15(3)21(23)25-10-17(19)20-11-26-22-18(28-20)6-7-24-22/h6-7,9-11,14,16,23-24,27-28H,3-5,8,12-13H2,1-2H3. The van der Waals surface area contributed by atoms with Crippen molar-refractivity contribution in [1.29, 1.82) is 5.41 Å². The first-order valence-corrected chi connectivity index (χ1v) is 12.3. The summed E-state index contributed by atoms with van der Waals surface area (Å²) in [6.45, 7) is 8.73. The predicted molar refractivity (Wildman–Crippen MR) is 128 cm³/mol. The number of aromatic nitrogens is 2. The number of nitrogens with one attached hydrogen (secondary N) is 4. The number of piperidine rings is 1. The second-order valence-corrected chi connectivity index (χ2v) is 10.7. The van der Waals surface area contributed by atoms with Gasteiger partial charge in [0.1, 0.15) is 0 Å². The first-order valence-electron chi connectivity index (χ1n) is 10.7. The summed E-state index contributed by atoms with van der Waals surface area (Å²) in [6.07, 6.45) is 6.78. The second-order valence-electron chi connectivity index (χ2n) is 8.65. The number of rotatable bonds is 5. The lowest BCUT2D eigenvalue weighted by atomic mass is 10.1. The fourth-order valence-corrected chi connectivity index (χ4v) is 5.87. The van der Waals surface area contributed by atoms with E-state index in [2.05, 4.69) is 32.2 Å². The van der Waals surface area contributed by atoms with E-state index < -0.39 is 10.0 Å². The van der Waals surface area contributed by atoms with Gasteiger partial charge in [-0.3, -0.25) is 5.41 Å². The molecule has 1 saturated heterocycles. The highest BCUT2D eigenvalue weighted by molar-refractivity contribution is 7.89. The van der Waals surface area contributed by atoms with Crippen molar-refractivity contribution >= 4 is 45.7 Å². The van der Waals surface area contributed by atoms with E-state index in [4.69, 9.17) is 5.41 Å². The van der Waals surface area contributed by atoms with E-state index in [-0.39, 0.29) is 23.2 Å². The first-order chi connectivity index (χ1) is 15.2. The molecule has 2 aliphatic heterocycles. The summed E-state index contributed by atoms with van der Waals surface area (Å²) in [5, 5.41) is 16.2. The largest absolute Gasteiger partial charge is 0.380 e. The van der Waals surface area contributed by atoms with Crippen LogP contribution in [0.3, 0.4) is 0 Å². The van der Waals surface area contributed by atoms with Gasteiger partial charge in [-0.25, -0.2) is 18.4 Å². The number of aliphatic imine (C=N–C) groups is 1. The Hall–Kier alpha value is -2.98. The SMILES string of the molecule is C=c1cc(NC2CCCN(S(=O)(=O)CC(C)C)C2)c(=C2C=Nc3[nH]ccc3N2)cnc1=N. The van der Waals surface area contributed by atoms with Crippen LogP contribution in [-0.2, 0) is 10.0 Å². The van der Waals surface area contributed by atoms with Crippen LogP contribution in [0.4, 0.5) is 17.2 Å². The maximum Gasteiger partial charge on any atom is 0.214 e. The molecule has 4 N–H and O–H groups in total. The zero-order valence-corrected chi connectivity index (χ0v) is 19.2. The Balaban J connectivity index is 1.69. The number of nitrogens with zero attached hydrogens (tertiary/aromatic N) is 3. The molecule has 2 aromatic rings. The van der Waals surface area contributed by atoms with Crippen molar-refractivity contribution in [3.8, 4) is 0 Å². The summed E-state index contributed by atoms with van der Waals surface area (Å²) in [7, 11) is -3.30. The molecule has 2 aromatic heterocycles. The molecular formula is C22H29N7O2S. The number of hydrogen-bond acceptors (Lipinski definition) is 7. The van der Waals surface area contributed by atoms with Crippen molar-refractivity contribution in [1.82, 2.24) is 14.3 Å². The molecule has 0 saturated carbocycles. The summed E-state index contributed by atoms with van der Waals surface area (Å²) in [5.74, 6) is 0.973. The van der Waals surface area contributed by atoms with Crippen LogP contribution in [0.5, 0.6) is 0 Å². The van der Waals surface area contributed by atoms with Crippen molar-refractivity contribution in [3.63, 3.8) is 0 Å². The maximum absolute atomic E-state index is 12.8. The number of aromatic amines is 1. The van der Waals surface area contributed by atoms with E-state index >= 15 is 0 Å². The molecule has 0 bridgehead atoms. The molecule has 4 rings (SSSR count). The summed E-state index contributed by atoms with van der Waals surface area (Å²) in [4.78, 5) is 11.7. The van der Waals surface area contributed by atoms with Crippen LogP contribution in [0, 0.1) is 11.3 Å². The Bertz CT molecular complexity index is 1310. The van der Waals surface area contributed by atoms with Gasteiger partial charge in [0.05, 0.1) is 23.4 Å². The fourth-order valence-electron chi connectivity index (χ4n) is 4.01. The van der Waals surface area contributed by atoms with Gasteiger partial charge in [-0.05, 0) is 30.9 Å². The average Bonchev–Trinajstić information content (AvgIpc) is 3.15. The Morgan fingerprint density at radius 3 is 3.00 bits per heavy atom. The molecule has 10 heteroatoms. The van der Waals surface area contributed by atoms with E-state index in [9.17, 15) is 8.42 Å². The van der Waals surface area contributed by atoms with Crippen LogP contribution >= 0.6 is 0 Å². The van der Waals surface area contributed by atoms with E-state index in [0.717, 1.165) is 40.9 Å². The molecule has 0 aromatic carbocycles. The average molecular weight is 456 g/mol. The van der Waals surface area contributed by atoms with Crippen LogP contribution in [0.1, 0.15) is 26.7 Å². The van der Waals surface area contributed by atoms with Crippen LogP contribution in [-0.4, -0.2) is 53.8 Å².